The minimum Gasteiger partial charge on any atom is -0.496 e. The summed E-state index contributed by atoms with van der Waals surface area (Å²) < 4.78 is 14.1. The molecule has 0 unspecified atom stereocenters. The van der Waals surface area contributed by atoms with E-state index in [-0.39, 0.29) is 11.9 Å². The topological polar surface area (TPSA) is 50.8 Å². The lowest BCUT2D eigenvalue weighted by Crippen LogP contribution is -2.32. The number of carbonyl (C=O) groups excluding carboxylic acids is 1. The van der Waals surface area contributed by atoms with E-state index in [9.17, 15) is 4.79 Å². The predicted molar refractivity (Wildman–Crippen MR) is 130 cm³/mol. The predicted octanol–water partition coefficient (Wildman–Crippen LogP) is 5.78. The van der Waals surface area contributed by atoms with Gasteiger partial charge in [0.25, 0.3) is 5.91 Å². The van der Waals surface area contributed by atoms with E-state index in [0.29, 0.717) is 28.9 Å². The van der Waals surface area contributed by atoms with E-state index in [1.54, 1.807) is 12.0 Å². The fraction of sp³-hybridized carbons (Fsp3) is 0.238. The summed E-state index contributed by atoms with van der Waals surface area (Å²) >= 11 is 15.8. The Bertz CT molecular complexity index is 1050. The van der Waals surface area contributed by atoms with Gasteiger partial charge < -0.3 is 14.8 Å². The smallest absolute Gasteiger partial charge is 0.276 e. The van der Waals surface area contributed by atoms with Crippen LogP contribution in [0, 0.1) is 0 Å². The Morgan fingerprint density at radius 3 is 2.53 bits per heavy atom. The highest BCUT2D eigenvalue weighted by Crippen LogP contribution is 2.37. The third-order valence-electron chi connectivity index (χ3n) is 4.77. The summed E-state index contributed by atoms with van der Waals surface area (Å²) in [6, 6.07) is 9.80. The average Bonchev–Trinajstić information content (AvgIpc) is 3.47. The fourth-order valence-electron chi connectivity index (χ4n) is 3.20. The molecule has 0 radical (unpaired) electrons. The number of hydrogen-bond donors (Lipinski definition) is 1. The molecule has 5 nitrogen and oxygen atoms in total. The first-order chi connectivity index (χ1) is 14.4. The van der Waals surface area contributed by atoms with Gasteiger partial charge in [-0.1, -0.05) is 22.0 Å². The lowest BCUT2D eigenvalue weighted by Gasteiger charge is -2.14. The van der Waals surface area contributed by atoms with E-state index < -0.39 is 0 Å². The summed E-state index contributed by atoms with van der Waals surface area (Å²) in [7, 11) is 1.62. The van der Waals surface area contributed by atoms with E-state index in [2.05, 4.69) is 53.1 Å². The molecule has 2 aliphatic rings. The Balaban J connectivity index is 1.57. The molecule has 1 saturated carbocycles. The third-order valence-corrected chi connectivity index (χ3v) is 6.71. The SMILES string of the molecule is COc1ccc(/C=C2/NC(=S)N(C3CC3)C2=O)cc1COc1c(Br)cc(Br)cc1Br. The second-order valence-corrected chi connectivity index (χ2v) is 9.96. The summed E-state index contributed by atoms with van der Waals surface area (Å²) in [5.74, 6) is 1.34. The Kier molecular flexibility index (Phi) is 6.53. The molecular weight excluding hydrogens is 600 g/mol. The van der Waals surface area contributed by atoms with Gasteiger partial charge in [0, 0.05) is 16.1 Å². The first-order valence-electron chi connectivity index (χ1n) is 9.18. The summed E-state index contributed by atoms with van der Waals surface area (Å²) in [5.41, 5.74) is 2.21. The fourth-order valence-corrected chi connectivity index (χ4v) is 6.03. The van der Waals surface area contributed by atoms with Crippen LogP contribution in [0.4, 0.5) is 0 Å². The molecule has 1 amide bonds. The molecule has 2 fully saturated rings. The van der Waals surface area contributed by atoms with E-state index >= 15 is 0 Å². The van der Waals surface area contributed by atoms with Crippen LogP contribution in [0.1, 0.15) is 24.0 Å². The van der Waals surface area contributed by atoms with E-state index in [0.717, 1.165) is 37.4 Å². The summed E-state index contributed by atoms with van der Waals surface area (Å²) in [6.07, 6.45) is 3.82. The van der Waals surface area contributed by atoms with Crippen molar-refractivity contribution in [2.45, 2.75) is 25.5 Å². The lowest BCUT2D eigenvalue weighted by molar-refractivity contribution is -0.122. The van der Waals surface area contributed by atoms with Gasteiger partial charge in [-0.2, -0.15) is 0 Å². The number of carbonyl (C=O) groups is 1. The van der Waals surface area contributed by atoms with Gasteiger partial charge in [0.2, 0.25) is 0 Å². The van der Waals surface area contributed by atoms with Crippen LogP contribution in [0.2, 0.25) is 0 Å². The van der Waals surface area contributed by atoms with Crippen LogP contribution in [0.25, 0.3) is 6.08 Å². The molecule has 0 bridgehead atoms. The molecule has 156 valence electrons. The van der Waals surface area contributed by atoms with Gasteiger partial charge in [-0.25, -0.2) is 0 Å². The molecule has 0 spiro atoms. The van der Waals surface area contributed by atoms with Crippen LogP contribution >= 0.6 is 60.0 Å². The normalized spacial score (nSPS) is 17.5. The molecular formula is C21H17Br3N2O3S. The highest BCUT2D eigenvalue weighted by Gasteiger charge is 2.41. The van der Waals surface area contributed by atoms with Crippen LogP contribution in [-0.4, -0.2) is 29.1 Å². The van der Waals surface area contributed by atoms with Gasteiger partial charge in [-0.05, 0) is 92.8 Å². The van der Waals surface area contributed by atoms with Crippen molar-refractivity contribution in [1.82, 2.24) is 10.2 Å². The molecule has 0 atom stereocenters. The molecule has 1 aliphatic carbocycles. The molecule has 2 aromatic rings. The van der Waals surface area contributed by atoms with Crippen LogP contribution in [0.3, 0.4) is 0 Å². The van der Waals surface area contributed by atoms with Crippen LogP contribution in [0.5, 0.6) is 11.5 Å². The highest BCUT2D eigenvalue weighted by molar-refractivity contribution is 9.11. The number of amides is 1. The number of benzene rings is 2. The standard InChI is InChI=1S/C21H17Br3N2O3S/c1-28-18-5-2-11(7-17-20(27)26(14-3-4-14)21(30)25-17)6-12(18)10-29-19-15(23)8-13(22)9-16(19)24/h2,5-9,14H,3-4,10H2,1H3,(H,25,30)/b17-7+. The zero-order chi connectivity index (χ0) is 21.4. The molecule has 9 heteroatoms. The summed E-state index contributed by atoms with van der Waals surface area (Å²) in [5, 5.41) is 3.52. The van der Waals surface area contributed by atoms with Crippen molar-refractivity contribution in [3.05, 3.63) is 60.6 Å². The number of thiocarbonyl (C=S) groups is 1. The highest BCUT2D eigenvalue weighted by atomic mass is 79.9. The minimum atomic E-state index is -0.0705. The zero-order valence-electron chi connectivity index (χ0n) is 15.9. The zero-order valence-corrected chi connectivity index (χ0v) is 21.5. The number of methoxy groups -OCH3 is 1. The first kappa shape index (κ1) is 21.8. The number of rotatable bonds is 6. The molecule has 1 N–H and O–H groups in total. The first-order valence-corrected chi connectivity index (χ1v) is 12.0. The van der Waals surface area contributed by atoms with Crippen molar-refractivity contribution in [3.63, 3.8) is 0 Å². The van der Waals surface area contributed by atoms with E-state index in [1.807, 2.05) is 36.4 Å². The van der Waals surface area contributed by atoms with Gasteiger partial charge in [0.05, 0.1) is 16.1 Å². The summed E-state index contributed by atoms with van der Waals surface area (Å²) in [6.45, 7) is 0.299. The Morgan fingerprint density at radius 1 is 1.20 bits per heavy atom. The second kappa shape index (κ2) is 8.98. The molecule has 1 aliphatic heterocycles. The third kappa shape index (κ3) is 4.59. The Morgan fingerprint density at radius 2 is 1.90 bits per heavy atom. The van der Waals surface area contributed by atoms with Crippen molar-refractivity contribution in [3.8, 4) is 11.5 Å². The Labute approximate surface area is 205 Å². The molecule has 30 heavy (non-hydrogen) atoms. The summed E-state index contributed by atoms with van der Waals surface area (Å²) in [4.78, 5) is 14.3. The number of hydrogen-bond acceptors (Lipinski definition) is 4. The quantitative estimate of drug-likeness (QED) is 0.329. The van der Waals surface area contributed by atoms with Crippen molar-refractivity contribution < 1.29 is 14.3 Å². The molecule has 2 aromatic carbocycles. The van der Waals surface area contributed by atoms with Gasteiger partial charge in [0.15, 0.2) is 5.11 Å². The van der Waals surface area contributed by atoms with Crippen LogP contribution in [0.15, 0.2) is 49.4 Å². The van der Waals surface area contributed by atoms with E-state index in [1.165, 1.54) is 0 Å². The second-order valence-electron chi connectivity index (χ2n) is 6.95. The van der Waals surface area contributed by atoms with Crippen molar-refractivity contribution in [2.75, 3.05) is 7.11 Å². The monoisotopic (exact) mass is 614 g/mol. The van der Waals surface area contributed by atoms with Crippen LogP contribution in [-0.2, 0) is 11.4 Å². The molecule has 0 aromatic heterocycles. The lowest BCUT2D eigenvalue weighted by atomic mass is 10.1. The van der Waals surface area contributed by atoms with E-state index in [4.69, 9.17) is 21.7 Å². The molecule has 1 heterocycles. The number of nitrogens with zero attached hydrogens (tertiary/aromatic N) is 1. The number of ether oxygens (including phenoxy) is 2. The van der Waals surface area contributed by atoms with Gasteiger partial charge in [-0.3, -0.25) is 9.69 Å². The number of halogens is 3. The maximum Gasteiger partial charge on any atom is 0.276 e. The molecule has 4 rings (SSSR count). The molecule has 1 saturated heterocycles. The number of nitrogens with one attached hydrogen (secondary N) is 1. The largest absolute Gasteiger partial charge is 0.496 e. The van der Waals surface area contributed by atoms with Gasteiger partial charge >= 0.3 is 0 Å². The van der Waals surface area contributed by atoms with Crippen LogP contribution < -0.4 is 14.8 Å². The Hall–Kier alpha value is -1.42. The average molecular weight is 617 g/mol. The maximum absolute atomic E-state index is 12.7. The van der Waals surface area contributed by atoms with Gasteiger partial charge in [-0.15, -0.1) is 0 Å². The van der Waals surface area contributed by atoms with Crippen molar-refractivity contribution in [2.24, 2.45) is 0 Å². The van der Waals surface area contributed by atoms with Crippen molar-refractivity contribution >= 4 is 77.1 Å². The van der Waals surface area contributed by atoms with Gasteiger partial charge in [0.1, 0.15) is 23.8 Å². The van der Waals surface area contributed by atoms with Crippen molar-refractivity contribution in [1.29, 1.82) is 0 Å². The minimum absolute atomic E-state index is 0.0705. The maximum atomic E-state index is 12.7.